The van der Waals surface area contributed by atoms with E-state index in [1.54, 1.807) is 13.4 Å². The number of benzene rings is 1. The molecule has 1 heterocycles. The molecule has 0 aliphatic heterocycles. The van der Waals surface area contributed by atoms with E-state index in [1.165, 1.54) is 0 Å². The van der Waals surface area contributed by atoms with Crippen LogP contribution < -0.4 is 15.4 Å². The first-order valence-corrected chi connectivity index (χ1v) is 9.14. The normalized spacial score (nSPS) is 11.2. The number of rotatable bonds is 9. The van der Waals surface area contributed by atoms with Crippen LogP contribution in [0.3, 0.4) is 0 Å². The minimum Gasteiger partial charge on any atom is -0.497 e. The highest BCUT2D eigenvalue weighted by Crippen LogP contribution is 2.13. The van der Waals surface area contributed by atoms with E-state index < -0.39 is 0 Å². The molecule has 1 aromatic carbocycles. The second-order valence-electron chi connectivity index (χ2n) is 6.51. The number of aliphatic imine (C=N–C) groups is 1. The molecule has 2 aromatic rings. The minimum absolute atomic E-state index is 0. The lowest BCUT2D eigenvalue weighted by atomic mass is 10.2. The van der Waals surface area contributed by atoms with Crippen LogP contribution in [-0.4, -0.2) is 40.9 Å². The molecule has 0 unspecified atom stereocenters. The van der Waals surface area contributed by atoms with Crippen LogP contribution in [0.25, 0.3) is 0 Å². The van der Waals surface area contributed by atoms with Crippen molar-refractivity contribution in [1.29, 1.82) is 0 Å². The second-order valence-corrected chi connectivity index (χ2v) is 6.51. The lowest BCUT2D eigenvalue weighted by Gasteiger charge is -2.15. The quantitative estimate of drug-likeness (QED) is 0.324. The van der Waals surface area contributed by atoms with Crippen LogP contribution in [0.1, 0.15) is 32.2 Å². The molecule has 0 radical (unpaired) electrons. The number of aryl methyl sites for hydroxylation is 1. The summed E-state index contributed by atoms with van der Waals surface area (Å²) in [7, 11) is 1.68. The molecule has 0 atom stereocenters. The molecule has 0 bridgehead atoms. The Morgan fingerprint density at radius 3 is 2.81 bits per heavy atom. The maximum Gasteiger partial charge on any atom is 0.191 e. The van der Waals surface area contributed by atoms with Gasteiger partial charge < -0.3 is 19.9 Å². The van der Waals surface area contributed by atoms with Gasteiger partial charge in [-0.2, -0.15) is 0 Å². The van der Waals surface area contributed by atoms with Gasteiger partial charge in [0, 0.05) is 26.1 Å². The number of nitrogens with one attached hydrogen (secondary N) is 2. The van der Waals surface area contributed by atoms with E-state index in [2.05, 4.69) is 52.2 Å². The van der Waals surface area contributed by atoms with Crippen LogP contribution in [0.5, 0.6) is 5.75 Å². The maximum absolute atomic E-state index is 5.27. The number of ether oxygens (including phenoxy) is 1. The fourth-order valence-corrected chi connectivity index (χ4v) is 2.45. The molecule has 8 heteroatoms. The van der Waals surface area contributed by atoms with Gasteiger partial charge in [-0.05, 0) is 23.6 Å². The van der Waals surface area contributed by atoms with E-state index in [-0.39, 0.29) is 24.0 Å². The third kappa shape index (κ3) is 8.15. The van der Waals surface area contributed by atoms with Gasteiger partial charge in [0.2, 0.25) is 0 Å². The van der Waals surface area contributed by atoms with Gasteiger partial charge in [0.05, 0.1) is 13.7 Å². The predicted octanol–water partition coefficient (Wildman–Crippen LogP) is 2.86. The number of aromatic nitrogens is 3. The molecule has 0 amide bonds. The zero-order valence-corrected chi connectivity index (χ0v) is 18.9. The van der Waals surface area contributed by atoms with E-state index in [9.17, 15) is 0 Å². The number of hydrogen-bond acceptors (Lipinski definition) is 4. The number of nitrogens with zero attached hydrogens (tertiary/aromatic N) is 4. The van der Waals surface area contributed by atoms with Crippen molar-refractivity contribution in [2.45, 2.75) is 40.3 Å². The molecule has 150 valence electrons. The molecule has 27 heavy (non-hydrogen) atoms. The Balaban J connectivity index is 0.00000364. The Labute approximate surface area is 179 Å². The zero-order chi connectivity index (χ0) is 18.8. The van der Waals surface area contributed by atoms with Crippen molar-refractivity contribution in [3.8, 4) is 5.75 Å². The summed E-state index contributed by atoms with van der Waals surface area (Å²) >= 11 is 0. The summed E-state index contributed by atoms with van der Waals surface area (Å²) in [5.41, 5.74) is 1.11. The first-order valence-electron chi connectivity index (χ1n) is 9.14. The van der Waals surface area contributed by atoms with Gasteiger partial charge in [0.25, 0.3) is 0 Å². The van der Waals surface area contributed by atoms with Crippen LogP contribution in [0.2, 0.25) is 0 Å². The summed E-state index contributed by atoms with van der Waals surface area (Å²) in [5, 5.41) is 14.9. The summed E-state index contributed by atoms with van der Waals surface area (Å²) in [6.07, 6.45) is 2.65. The highest BCUT2D eigenvalue weighted by atomic mass is 127. The average Bonchev–Trinajstić information content (AvgIpc) is 3.11. The Morgan fingerprint density at radius 2 is 2.11 bits per heavy atom. The van der Waals surface area contributed by atoms with E-state index in [0.29, 0.717) is 12.5 Å². The van der Waals surface area contributed by atoms with E-state index >= 15 is 0 Å². The highest BCUT2D eigenvalue weighted by molar-refractivity contribution is 14.0. The van der Waals surface area contributed by atoms with Crippen molar-refractivity contribution in [2.75, 3.05) is 20.2 Å². The molecule has 2 N–H and O–H groups in total. The van der Waals surface area contributed by atoms with Gasteiger partial charge in [-0.3, -0.25) is 0 Å². The second kappa shape index (κ2) is 12.5. The summed E-state index contributed by atoms with van der Waals surface area (Å²) in [5.74, 6) is 3.20. The van der Waals surface area contributed by atoms with Crippen molar-refractivity contribution in [2.24, 2.45) is 10.9 Å². The summed E-state index contributed by atoms with van der Waals surface area (Å²) < 4.78 is 7.34. The first-order chi connectivity index (χ1) is 12.6. The van der Waals surface area contributed by atoms with Crippen molar-refractivity contribution >= 4 is 29.9 Å². The average molecular weight is 486 g/mol. The lowest BCUT2D eigenvalue weighted by Crippen LogP contribution is -2.40. The van der Waals surface area contributed by atoms with Gasteiger partial charge in [-0.25, -0.2) is 4.99 Å². The van der Waals surface area contributed by atoms with E-state index in [1.807, 2.05) is 18.2 Å². The topological polar surface area (TPSA) is 76.4 Å². The Kier molecular flexibility index (Phi) is 10.8. The Bertz CT molecular complexity index is 701. The number of guanidine groups is 1. The Hall–Kier alpha value is -1.84. The minimum atomic E-state index is 0. The molecule has 0 saturated carbocycles. The predicted molar refractivity (Wildman–Crippen MR) is 120 cm³/mol. The number of halogens is 1. The molecule has 0 fully saturated rings. The third-order valence-electron chi connectivity index (χ3n) is 3.89. The van der Waals surface area contributed by atoms with E-state index in [0.717, 1.165) is 49.2 Å². The van der Waals surface area contributed by atoms with E-state index in [4.69, 9.17) is 9.73 Å². The SMILES string of the molecule is CCc1nncn1CCNC(=NCc1cccc(OC)c1)NCC(C)C.I. The molecule has 0 aliphatic carbocycles. The van der Waals surface area contributed by atoms with Gasteiger partial charge in [0.1, 0.15) is 17.9 Å². The maximum atomic E-state index is 5.27. The molecule has 0 aliphatic rings. The number of methoxy groups -OCH3 is 1. The van der Waals surface area contributed by atoms with Gasteiger partial charge in [-0.15, -0.1) is 34.2 Å². The summed E-state index contributed by atoms with van der Waals surface area (Å²) in [6.45, 7) is 9.47. The molecule has 2 rings (SSSR count). The third-order valence-corrected chi connectivity index (χ3v) is 3.89. The molecule has 0 saturated heterocycles. The lowest BCUT2D eigenvalue weighted by molar-refractivity contribution is 0.414. The molecular formula is C19H31IN6O. The molecule has 0 spiro atoms. The first kappa shape index (κ1) is 23.2. The van der Waals surface area contributed by atoms with Crippen molar-refractivity contribution in [1.82, 2.24) is 25.4 Å². The molecule has 7 nitrogen and oxygen atoms in total. The van der Waals surface area contributed by atoms with Crippen molar-refractivity contribution in [3.63, 3.8) is 0 Å². The highest BCUT2D eigenvalue weighted by Gasteiger charge is 2.04. The van der Waals surface area contributed by atoms with Crippen molar-refractivity contribution < 1.29 is 4.74 Å². The van der Waals surface area contributed by atoms with Crippen LogP contribution in [0.4, 0.5) is 0 Å². The van der Waals surface area contributed by atoms with Gasteiger partial charge in [0.15, 0.2) is 5.96 Å². The Morgan fingerprint density at radius 1 is 1.30 bits per heavy atom. The van der Waals surface area contributed by atoms with Crippen LogP contribution in [0, 0.1) is 5.92 Å². The van der Waals surface area contributed by atoms with Crippen molar-refractivity contribution in [3.05, 3.63) is 42.0 Å². The summed E-state index contributed by atoms with van der Waals surface area (Å²) in [4.78, 5) is 4.70. The fourth-order valence-electron chi connectivity index (χ4n) is 2.45. The molecular weight excluding hydrogens is 455 g/mol. The number of hydrogen-bond donors (Lipinski definition) is 2. The van der Waals surface area contributed by atoms with Gasteiger partial charge in [-0.1, -0.05) is 32.9 Å². The van der Waals surface area contributed by atoms with Gasteiger partial charge >= 0.3 is 0 Å². The zero-order valence-electron chi connectivity index (χ0n) is 16.6. The van der Waals surface area contributed by atoms with Crippen LogP contribution in [-0.2, 0) is 19.5 Å². The largest absolute Gasteiger partial charge is 0.497 e. The van der Waals surface area contributed by atoms with Crippen LogP contribution in [0.15, 0.2) is 35.6 Å². The fraction of sp³-hybridized carbons (Fsp3) is 0.526. The summed E-state index contributed by atoms with van der Waals surface area (Å²) in [6, 6.07) is 7.98. The monoisotopic (exact) mass is 486 g/mol. The molecule has 1 aromatic heterocycles. The standard InChI is InChI=1S/C19H30N6O.HI/c1-5-18-24-23-14-25(18)10-9-20-19(21-12-15(2)3)22-13-16-7-6-8-17(11-16)26-4;/h6-8,11,14-15H,5,9-10,12-13H2,1-4H3,(H2,20,21,22);1H. The smallest absolute Gasteiger partial charge is 0.191 e. The van der Waals surface area contributed by atoms with Crippen LogP contribution >= 0.6 is 24.0 Å².